The van der Waals surface area contributed by atoms with Crippen LogP contribution in [0.3, 0.4) is 0 Å². The average molecular weight is 620 g/mol. The van der Waals surface area contributed by atoms with E-state index in [0.717, 1.165) is 16.7 Å². The number of nitrogens with zero attached hydrogens (tertiary/aromatic N) is 1. The van der Waals surface area contributed by atoms with Crippen molar-refractivity contribution in [1.29, 1.82) is 0 Å². The van der Waals surface area contributed by atoms with Crippen LogP contribution in [-0.4, -0.2) is 41.8 Å². The molecule has 0 saturated carbocycles. The van der Waals surface area contributed by atoms with E-state index < -0.39 is 29.5 Å². The minimum Gasteiger partial charge on any atom is -0.490 e. The van der Waals surface area contributed by atoms with Crippen LogP contribution in [-0.2, 0) is 20.9 Å². The number of benzene rings is 2. The van der Waals surface area contributed by atoms with Gasteiger partial charge < -0.3 is 14.2 Å². The number of hydrogen-bond acceptors (Lipinski definition) is 7. The number of esters is 1. The maximum absolute atomic E-state index is 14.1. The average Bonchev–Trinajstić information content (AvgIpc) is 3.02. The molecular formula is C23H20ClFINO6S. The Morgan fingerprint density at radius 2 is 1.97 bits per heavy atom. The lowest BCUT2D eigenvalue weighted by Crippen LogP contribution is -2.34. The molecule has 0 aliphatic carbocycles. The number of thioether (sulfide) groups is 1. The number of carbonyl (C=O) groups is 3. The molecule has 0 bridgehead atoms. The van der Waals surface area contributed by atoms with Crippen LogP contribution in [0.4, 0.5) is 9.18 Å². The normalized spacial score (nSPS) is 14.6. The van der Waals surface area contributed by atoms with Gasteiger partial charge in [-0.05, 0) is 84.1 Å². The van der Waals surface area contributed by atoms with Crippen molar-refractivity contribution in [2.45, 2.75) is 20.5 Å². The van der Waals surface area contributed by atoms with E-state index >= 15 is 0 Å². The van der Waals surface area contributed by atoms with Crippen molar-refractivity contribution in [3.8, 4) is 11.5 Å². The van der Waals surface area contributed by atoms with Crippen LogP contribution < -0.4 is 9.47 Å². The summed E-state index contributed by atoms with van der Waals surface area (Å²) in [6.07, 6.45) is 1.54. The van der Waals surface area contributed by atoms with Crippen molar-refractivity contribution in [2.24, 2.45) is 0 Å². The van der Waals surface area contributed by atoms with Crippen LogP contribution >= 0.6 is 46.0 Å². The van der Waals surface area contributed by atoms with Crippen LogP contribution in [0.1, 0.15) is 25.0 Å². The number of rotatable bonds is 9. The summed E-state index contributed by atoms with van der Waals surface area (Å²) in [7, 11) is 0. The van der Waals surface area contributed by atoms with Gasteiger partial charge in [-0.3, -0.25) is 19.3 Å². The molecule has 0 aromatic heterocycles. The summed E-state index contributed by atoms with van der Waals surface area (Å²) in [6, 6.07) is 7.79. The van der Waals surface area contributed by atoms with Crippen molar-refractivity contribution in [2.75, 3.05) is 19.8 Å². The summed E-state index contributed by atoms with van der Waals surface area (Å²) >= 11 is 8.87. The summed E-state index contributed by atoms with van der Waals surface area (Å²) < 4.78 is 31.1. The van der Waals surface area contributed by atoms with Crippen LogP contribution in [0.25, 0.3) is 6.08 Å². The lowest BCUT2D eigenvalue weighted by atomic mass is 10.1. The van der Waals surface area contributed by atoms with Crippen LogP contribution in [0.15, 0.2) is 35.2 Å². The van der Waals surface area contributed by atoms with Gasteiger partial charge in [0.25, 0.3) is 11.1 Å². The Morgan fingerprint density at radius 3 is 2.65 bits per heavy atom. The van der Waals surface area contributed by atoms with Crippen molar-refractivity contribution in [3.05, 3.63) is 60.8 Å². The number of ether oxygens (including phenoxy) is 3. The van der Waals surface area contributed by atoms with Crippen LogP contribution in [0.2, 0.25) is 5.02 Å². The van der Waals surface area contributed by atoms with E-state index in [1.165, 1.54) is 18.2 Å². The predicted octanol–water partition coefficient (Wildman–Crippen LogP) is 5.66. The van der Waals surface area contributed by atoms with E-state index in [1.54, 1.807) is 32.0 Å². The first-order valence-corrected chi connectivity index (χ1v) is 12.5. The Balaban J connectivity index is 1.85. The number of imide groups is 1. The van der Waals surface area contributed by atoms with Gasteiger partial charge in [-0.15, -0.1) is 0 Å². The highest BCUT2D eigenvalue weighted by atomic mass is 127. The van der Waals surface area contributed by atoms with Crippen molar-refractivity contribution >= 4 is 69.1 Å². The molecule has 11 heteroatoms. The summed E-state index contributed by atoms with van der Waals surface area (Å²) in [4.78, 5) is 37.6. The highest BCUT2D eigenvalue weighted by molar-refractivity contribution is 14.1. The summed E-state index contributed by atoms with van der Waals surface area (Å²) in [5.41, 5.74) is 0.813. The Labute approximate surface area is 218 Å². The van der Waals surface area contributed by atoms with E-state index in [9.17, 15) is 18.8 Å². The molecular weight excluding hydrogens is 600 g/mol. The van der Waals surface area contributed by atoms with E-state index in [-0.39, 0.29) is 28.7 Å². The number of halogens is 3. The first-order chi connectivity index (χ1) is 16.2. The van der Waals surface area contributed by atoms with Crippen LogP contribution in [0, 0.1) is 9.39 Å². The van der Waals surface area contributed by atoms with Crippen molar-refractivity contribution in [1.82, 2.24) is 4.90 Å². The third-order valence-electron chi connectivity index (χ3n) is 4.52. The molecule has 0 radical (unpaired) electrons. The smallest absolute Gasteiger partial charge is 0.326 e. The van der Waals surface area contributed by atoms with E-state index in [2.05, 4.69) is 0 Å². The molecule has 3 rings (SSSR count). The Morgan fingerprint density at radius 1 is 1.21 bits per heavy atom. The largest absolute Gasteiger partial charge is 0.490 e. The van der Waals surface area contributed by atoms with Gasteiger partial charge >= 0.3 is 5.97 Å². The maximum Gasteiger partial charge on any atom is 0.326 e. The predicted molar refractivity (Wildman–Crippen MR) is 135 cm³/mol. The molecule has 0 unspecified atom stereocenters. The van der Waals surface area contributed by atoms with Crippen molar-refractivity contribution in [3.63, 3.8) is 0 Å². The molecule has 0 N–H and O–H groups in total. The molecule has 1 aliphatic heterocycles. The Kier molecular flexibility index (Phi) is 9.20. The molecule has 7 nitrogen and oxygen atoms in total. The first-order valence-electron chi connectivity index (χ1n) is 10.2. The van der Waals surface area contributed by atoms with Crippen molar-refractivity contribution < 1.29 is 33.0 Å². The minimum absolute atomic E-state index is 0.103. The lowest BCUT2D eigenvalue weighted by molar-refractivity contribution is -0.145. The lowest BCUT2D eigenvalue weighted by Gasteiger charge is -2.16. The van der Waals surface area contributed by atoms with Gasteiger partial charge in [0.1, 0.15) is 19.0 Å². The fourth-order valence-electron chi connectivity index (χ4n) is 3.01. The highest BCUT2D eigenvalue weighted by Crippen LogP contribution is 2.38. The molecule has 2 aromatic rings. The van der Waals surface area contributed by atoms with Crippen LogP contribution in [0.5, 0.6) is 11.5 Å². The second-order valence-corrected chi connectivity index (χ2v) is 9.39. The molecule has 1 saturated heterocycles. The molecule has 0 atom stereocenters. The number of carbonyl (C=O) groups excluding carboxylic acids is 3. The molecule has 180 valence electrons. The van der Waals surface area contributed by atoms with Gasteiger partial charge in [0, 0.05) is 5.56 Å². The van der Waals surface area contributed by atoms with Gasteiger partial charge in [0.2, 0.25) is 0 Å². The quantitative estimate of drug-likeness (QED) is 0.204. The van der Waals surface area contributed by atoms with E-state index in [1.807, 2.05) is 22.6 Å². The molecule has 1 fully saturated rings. The standard InChI is InChI=1S/C23H20ClFINO6S/c1-3-31-18-9-13(10-19-22(29)27(23(30)34-19)11-20(28)32-4-2)8-17(26)21(18)33-12-14-15(24)6-5-7-16(14)25/h5-10H,3-4,11-12H2,1-2H3/b19-10-. The molecule has 1 heterocycles. The van der Waals surface area contributed by atoms with Gasteiger partial charge in [-0.2, -0.15) is 0 Å². The number of amides is 2. The zero-order valence-corrected chi connectivity index (χ0v) is 22.0. The summed E-state index contributed by atoms with van der Waals surface area (Å²) in [5, 5.41) is -0.297. The summed E-state index contributed by atoms with van der Waals surface area (Å²) in [6.45, 7) is 3.39. The first kappa shape index (κ1) is 26.3. The zero-order chi connectivity index (χ0) is 24.8. The molecule has 2 aromatic carbocycles. The van der Waals surface area contributed by atoms with E-state index in [0.29, 0.717) is 27.2 Å². The topological polar surface area (TPSA) is 82.1 Å². The maximum atomic E-state index is 14.1. The Hall–Kier alpha value is -2.31. The fourth-order valence-corrected chi connectivity index (χ4v) is 4.85. The SMILES string of the molecule is CCOC(=O)CN1C(=O)S/C(=C\c2cc(I)c(OCc3c(F)cccc3Cl)c(OCC)c2)C1=O. The van der Waals surface area contributed by atoms with Gasteiger partial charge in [0.15, 0.2) is 11.5 Å². The third kappa shape index (κ3) is 6.22. The monoisotopic (exact) mass is 619 g/mol. The summed E-state index contributed by atoms with van der Waals surface area (Å²) in [5.74, 6) is -0.926. The highest BCUT2D eigenvalue weighted by Gasteiger charge is 2.36. The van der Waals surface area contributed by atoms with E-state index in [4.69, 9.17) is 25.8 Å². The molecule has 0 spiro atoms. The fraction of sp³-hybridized carbons (Fsp3) is 0.261. The van der Waals surface area contributed by atoms with Gasteiger partial charge in [-0.25, -0.2) is 4.39 Å². The molecule has 34 heavy (non-hydrogen) atoms. The van der Waals surface area contributed by atoms with Gasteiger partial charge in [0.05, 0.1) is 26.7 Å². The molecule has 1 aliphatic rings. The zero-order valence-electron chi connectivity index (χ0n) is 18.2. The number of hydrogen-bond donors (Lipinski definition) is 0. The second kappa shape index (κ2) is 11.9. The van der Waals surface area contributed by atoms with Gasteiger partial charge in [-0.1, -0.05) is 17.7 Å². The Bertz CT molecular complexity index is 1140. The minimum atomic E-state index is -0.657. The third-order valence-corrected chi connectivity index (χ3v) is 6.58. The molecule has 2 amide bonds. The second-order valence-electron chi connectivity index (χ2n) is 6.82.